The Hall–Kier alpha value is -0.970. The van der Waals surface area contributed by atoms with Crippen molar-refractivity contribution in [2.75, 3.05) is 18.4 Å². The van der Waals surface area contributed by atoms with E-state index in [1.54, 1.807) is 4.90 Å². The Morgan fingerprint density at radius 2 is 2.21 bits per heavy atom. The van der Waals surface area contributed by atoms with E-state index in [1.807, 2.05) is 0 Å². The second kappa shape index (κ2) is 6.46. The largest absolute Gasteiger partial charge is 0.342 e. The first-order valence-corrected chi connectivity index (χ1v) is 7.50. The fourth-order valence-electron chi connectivity index (χ4n) is 2.36. The molecule has 0 bridgehead atoms. The molecule has 1 aliphatic rings. The maximum Gasteiger partial charge on any atom is 0.227 e. The monoisotopic (exact) mass is 331 g/mol. The van der Waals surface area contributed by atoms with Crippen LogP contribution < -0.4 is 0 Å². The van der Waals surface area contributed by atoms with E-state index >= 15 is 0 Å². The topological polar surface area (TPSA) is 20.3 Å². The van der Waals surface area contributed by atoms with E-state index in [4.69, 9.17) is 0 Å². The van der Waals surface area contributed by atoms with Gasteiger partial charge in [-0.25, -0.2) is 8.78 Å². The lowest BCUT2D eigenvalue weighted by Crippen LogP contribution is -2.41. The van der Waals surface area contributed by atoms with E-state index in [0.717, 1.165) is 30.8 Å². The van der Waals surface area contributed by atoms with Gasteiger partial charge in [0.15, 0.2) is 0 Å². The van der Waals surface area contributed by atoms with Crippen LogP contribution >= 0.6 is 15.9 Å². The molecule has 1 aromatic carbocycles. The number of alkyl halides is 1. The van der Waals surface area contributed by atoms with Crippen LogP contribution in [0, 0.1) is 17.6 Å². The van der Waals surface area contributed by atoms with Gasteiger partial charge in [-0.2, -0.15) is 0 Å². The number of nitrogens with zero attached hydrogens (tertiary/aromatic N) is 1. The lowest BCUT2D eigenvalue weighted by molar-refractivity contribution is -0.132. The number of piperidine rings is 1. The molecule has 1 unspecified atom stereocenters. The summed E-state index contributed by atoms with van der Waals surface area (Å²) >= 11 is 3.43. The van der Waals surface area contributed by atoms with Crippen molar-refractivity contribution in [2.24, 2.45) is 5.92 Å². The average Bonchev–Trinajstić information content (AvgIpc) is 2.42. The minimum atomic E-state index is -0.651. The van der Waals surface area contributed by atoms with Gasteiger partial charge in [-0.3, -0.25) is 4.79 Å². The van der Waals surface area contributed by atoms with Crippen LogP contribution in [0.2, 0.25) is 0 Å². The Morgan fingerprint density at radius 3 is 2.89 bits per heavy atom. The SMILES string of the molecule is O=C(Cc1ccc(F)cc1F)N1CCCC(CBr)C1. The summed E-state index contributed by atoms with van der Waals surface area (Å²) in [5, 5.41) is 0.877. The van der Waals surface area contributed by atoms with Gasteiger partial charge in [0.05, 0.1) is 6.42 Å². The molecule has 1 atom stereocenters. The average molecular weight is 332 g/mol. The summed E-state index contributed by atoms with van der Waals surface area (Å²) in [5.41, 5.74) is 0.257. The first-order valence-electron chi connectivity index (χ1n) is 6.38. The molecule has 5 heteroatoms. The molecule has 0 saturated carbocycles. The van der Waals surface area contributed by atoms with Gasteiger partial charge < -0.3 is 4.90 Å². The quantitative estimate of drug-likeness (QED) is 0.779. The summed E-state index contributed by atoms with van der Waals surface area (Å²) in [6.45, 7) is 1.44. The number of hydrogen-bond acceptors (Lipinski definition) is 1. The second-order valence-corrected chi connectivity index (χ2v) is 5.56. The van der Waals surface area contributed by atoms with Crippen LogP contribution in [0.1, 0.15) is 18.4 Å². The zero-order valence-corrected chi connectivity index (χ0v) is 12.1. The van der Waals surface area contributed by atoms with Crippen molar-refractivity contribution in [2.45, 2.75) is 19.3 Å². The zero-order valence-electron chi connectivity index (χ0n) is 10.5. The van der Waals surface area contributed by atoms with Crippen LogP contribution in [-0.4, -0.2) is 29.2 Å². The highest BCUT2D eigenvalue weighted by molar-refractivity contribution is 9.09. The molecule has 104 valence electrons. The minimum absolute atomic E-state index is 0.00111. The fourth-order valence-corrected chi connectivity index (χ4v) is 2.89. The molecule has 1 aromatic rings. The summed E-state index contributed by atoms with van der Waals surface area (Å²) in [6, 6.07) is 3.35. The smallest absolute Gasteiger partial charge is 0.227 e. The molecule has 2 nitrogen and oxygen atoms in total. The van der Waals surface area contributed by atoms with Crippen molar-refractivity contribution in [1.29, 1.82) is 0 Å². The van der Waals surface area contributed by atoms with Crippen molar-refractivity contribution in [3.05, 3.63) is 35.4 Å². The summed E-state index contributed by atoms with van der Waals surface area (Å²) in [7, 11) is 0. The summed E-state index contributed by atoms with van der Waals surface area (Å²) in [5.74, 6) is -0.889. The van der Waals surface area contributed by atoms with E-state index in [-0.39, 0.29) is 17.9 Å². The Labute approximate surface area is 119 Å². The summed E-state index contributed by atoms with van der Waals surface area (Å²) in [6.07, 6.45) is 2.09. The van der Waals surface area contributed by atoms with Gasteiger partial charge in [-0.15, -0.1) is 0 Å². The van der Waals surface area contributed by atoms with Gasteiger partial charge in [-0.05, 0) is 30.4 Å². The predicted molar refractivity (Wildman–Crippen MR) is 73.2 cm³/mol. The molecule has 2 rings (SSSR count). The van der Waals surface area contributed by atoms with Gasteiger partial charge in [0, 0.05) is 24.5 Å². The third-order valence-corrected chi connectivity index (χ3v) is 4.36. The molecule has 0 radical (unpaired) electrons. The van der Waals surface area contributed by atoms with Crippen molar-refractivity contribution < 1.29 is 13.6 Å². The van der Waals surface area contributed by atoms with Crippen molar-refractivity contribution in [3.8, 4) is 0 Å². The van der Waals surface area contributed by atoms with Crippen molar-refractivity contribution >= 4 is 21.8 Å². The van der Waals surface area contributed by atoms with Crippen molar-refractivity contribution in [3.63, 3.8) is 0 Å². The van der Waals surface area contributed by atoms with Gasteiger partial charge in [-0.1, -0.05) is 22.0 Å². The van der Waals surface area contributed by atoms with Crippen LogP contribution in [-0.2, 0) is 11.2 Å². The van der Waals surface area contributed by atoms with Gasteiger partial charge in [0.1, 0.15) is 11.6 Å². The molecule has 1 fully saturated rings. The molecular weight excluding hydrogens is 316 g/mol. The highest BCUT2D eigenvalue weighted by Crippen LogP contribution is 2.19. The number of amides is 1. The van der Waals surface area contributed by atoms with Gasteiger partial charge >= 0.3 is 0 Å². The Kier molecular flexibility index (Phi) is 4.91. The molecule has 19 heavy (non-hydrogen) atoms. The van der Waals surface area contributed by atoms with E-state index in [9.17, 15) is 13.6 Å². The summed E-state index contributed by atoms with van der Waals surface area (Å²) < 4.78 is 26.3. The standard InChI is InChI=1S/C14H16BrF2NO/c15-8-10-2-1-5-18(9-10)14(19)6-11-3-4-12(16)7-13(11)17/h3-4,7,10H,1-2,5-6,8-9H2. The Bertz CT molecular complexity index is 467. The lowest BCUT2D eigenvalue weighted by Gasteiger charge is -2.32. The van der Waals surface area contributed by atoms with E-state index in [2.05, 4.69) is 15.9 Å². The lowest BCUT2D eigenvalue weighted by atomic mass is 9.99. The van der Waals surface area contributed by atoms with Gasteiger partial charge in [0.2, 0.25) is 5.91 Å². The fraction of sp³-hybridized carbons (Fsp3) is 0.500. The number of carbonyl (C=O) groups is 1. The third-order valence-electron chi connectivity index (χ3n) is 3.45. The summed E-state index contributed by atoms with van der Waals surface area (Å²) in [4.78, 5) is 13.9. The zero-order chi connectivity index (χ0) is 13.8. The minimum Gasteiger partial charge on any atom is -0.342 e. The molecular formula is C14H16BrF2NO. The van der Waals surface area contributed by atoms with Crippen LogP contribution in [0.3, 0.4) is 0 Å². The van der Waals surface area contributed by atoms with E-state index in [0.29, 0.717) is 12.5 Å². The van der Waals surface area contributed by atoms with Crippen LogP contribution in [0.4, 0.5) is 8.78 Å². The molecule has 0 aliphatic carbocycles. The first kappa shape index (κ1) is 14.4. The van der Waals surface area contributed by atoms with Crippen LogP contribution in [0.5, 0.6) is 0 Å². The highest BCUT2D eigenvalue weighted by Gasteiger charge is 2.23. The predicted octanol–water partition coefficient (Wildman–Crippen LogP) is 3.14. The second-order valence-electron chi connectivity index (χ2n) is 4.91. The van der Waals surface area contributed by atoms with Crippen LogP contribution in [0.25, 0.3) is 0 Å². The normalized spacial score (nSPS) is 19.5. The number of carbonyl (C=O) groups excluding carboxylic acids is 1. The molecule has 1 aliphatic heterocycles. The number of benzene rings is 1. The molecule has 1 amide bonds. The van der Waals surface area contributed by atoms with Crippen molar-refractivity contribution in [1.82, 2.24) is 4.90 Å². The number of halogens is 3. The molecule has 0 spiro atoms. The maximum atomic E-state index is 13.5. The molecule has 1 heterocycles. The molecule has 0 N–H and O–H groups in total. The maximum absolute atomic E-state index is 13.5. The molecule has 1 saturated heterocycles. The third kappa shape index (κ3) is 3.75. The number of hydrogen-bond donors (Lipinski definition) is 0. The Morgan fingerprint density at radius 1 is 1.42 bits per heavy atom. The van der Waals surface area contributed by atoms with E-state index < -0.39 is 11.6 Å². The Balaban J connectivity index is 2.00. The number of rotatable bonds is 3. The van der Waals surface area contributed by atoms with E-state index in [1.165, 1.54) is 12.1 Å². The first-order chi connectivity index (χ1) is 9.10. The molecule has 0 aromatic heterocycles. The number of likely N-dealkylation sites (tertiary alicyclic amines) is 1. The van der Waals surface area contributed by atoms with Crippen LogP contribution in [0.15, 0.2) is 18.2 Å². The van der Waals surface area contributed by atoms with Gasteiger partial charge in [0.25, 0.3) is 0 Å². The highest BCUT2D eigenvalue weighted by atomic mass is 79.9.